The first-order valence-electron chi connectivity index (χ1n) is 5.14. The van der Waals surface area contributed by atoms with Gasteiger partial charge in [-0.05, 0) is 6.07 Å². The molecule has 1 rings (SSSR count). The Morgan fingerprint density at radius 1 is 1.21 bits per heavy atom. The summed E-state index contributed by atoms with van der Waals surface area (Å²) >= 11 is 0. The van der Waals surface area contributed by atoms with E-state index in [1.54, 1.807) is 0 Å². The van der Waals surface area contributed by atoms with Crippen molar-refractivity contribution in [2.45, 2.75) is 0 Å². The minimum absolute atomic E-state index is 0.0227. The molecule has 0 N–H and O–H groups in total. The van der Waals surface area contributed by atoms with E-state index in [4.69, 9.17) is 9.47 Å². The van der Waals surface area contributed by atoms with E-state index in [0.29, 0.717) is 0 Å². The zero-order chi connectivity index (χ0) is 14.6. The van der Waals surface area contributed by atoms with E-state index in [9.17, 15) is 14.9 Å². The summed E-state index contributed by atoms with van der Waals surface area (Å²) in [4.78, 5) is 21.8. The van der Waals surface area contributed by atoms with E-state index >= 15 is 0 Å². The number of hydrogen-bond acceptors (Lipinski definition) is 6. The lowest BCUT2D eigenvalue weighted by Gasteiger charge is -2.11. The van der Waals surface area contributed by atoms with E-state index in [1.165, 1.54) is 33.5 Å². The second kappa shape index (κ2) is 5.85. The standard InChI is InChI=1S/C12H13NO6/c1-7(12(14)19-4)8-5-10(17-2)11(18-3)6-9(8)13(15)16/h5-6H,1H2,2-4H3. The molecule has 0 unspecified atom stereocenters. The van der Waals surface area contributed by atoms with Gasteiger partial charge in [0.1, 0.15) is 0 Å². The fourth-order valence-electron chi connectivity index (χ4n) is 1.49. The van der Waals surface area contributed by atoms with Crippen LogP contribution in [0.15, 0.2) is 18.7 Å². The summed E-state index contributed by atoms with van der Waals surface area (Å²) < 4.78 is 14.5. The Bertz CT molecular complexity index is 537. The first-order valence-corrected chi connectivity index (χ1v) is 5.14. The van der Waals surface area contributed by atoms with Gasteiger partial charge in [0, 0.05) is 0 Å². The molecule has 0 aliphatic heterocycles. The maximum absolute atomic E-state index is 11.4. The first kappa shape index (κ1) is 14.5. The highest BCUT2D eigenvalue weighted by Crippen LogP contribution is 2.37. The lowest BCUT2D eigenvalue weighted by molar-refractivity contribution is -0.385. The number of benzene rings is 1. The Morgan fingerprint density at radius 3 is 2.16 bits per heavy atom. The molecular formula is C12H13NO6. The fraction of sp³-hybridized carbons (Fsp3) is 0.250. The Morgan fingerprint density at radius 2 is 1.74 bits per heavy atom. The van der Waals surface area contributed by atoms with E-state index in [2.05, 4.69) is 11.3 Å². The Hall–Kier alpha value is -2.57. The minimum atomic E-state index is -0.754. The molecule has 0 aliphatic carbocycles. The van der Waals surface area contributed by atoms with Crippen LogP contribution >= 0.6 is 0 Å². The zero-order valence-corrected chi connectivity index (χ0v) is 10.8. The zero-order valence-electron chi connectivity index (χ0n) is 10.8. The first-order chi connectivity index (χ1) is 8.96. The van der Waals surface area contributed by atoms with Crippen molar-refractivity contribution in [3.05, 3.63) is 34.4 Å². The van der Waals surface area contributed by atoms with Crippen molar-refractivity contribution in [1.29, 1.82) is 0 Å². The van der Waals surface area contributed by atoms with Gasteiger partial charge in [-0.1, -0.05) is 6.58 Å². The number of hydrogen-bond donors (Lipinski definition) is 0. The van der Waals surface area contributed by atoms with Gasteiger partial charge in [0.15, 0.2) is 11.5 Å². The number of rotatable bonds is 5. The normalized spacial score (nSPS) is 9.63. The Balaban J connectivity index is 3.48. The summed E-state index contributed by atoms with van der Waals surface area (Å²) in [7, 11) is 3.91. The van der Waals surface area contributed by atoms with Gasteiger partial charge in [-0.15, -0.1) is 0 Å². The third-order valence-electron chi connectivity index (χ3n) is 2.46. The predicted octanol–water partition coefficient (Wildman–Crippen LogP) is 1.80. The van der Waals surface area contributed by atoms with Gasteiger partial charge in [-0.2, -0.15) is 0 Å². The van der Waals surface area contributed by atoms with Crippen LogP contribution in [0.5, 0.6) is 11.5 Å². The number of methoxy groups -OCH3 is 3. The van der Waals surface area contributed by atoms with E-state index in [1.807, 2.05) is 0 Å². The molecule has 0 aromatic heterocycles. The lowest BCUT2D eigenvalue weighted by Crippen LogP contribution is -2.06. The van der Waals surface area contributed by atoms with Crippen molar-refractivity contribution < 1.29 is 23.9 Å². The molecule has 1 aromatic rings. The van der Waals surface area contributed by atoms with Gasteiger partial charge in [0.05, 0.1) is 43.5 Å². The van der Waals surface area contributed by atoms with Gasteiger partial charge >= 0.3 is 5.97 Å². The van der Waals surface area contributed by atoms with E-state index in [-0.39, 0.29) is 28.3 Å². The molecule has 0 bridgehead atoms. The summed E-state index contributed by atoms with van der Waals surface area (Å²) in [6.07, 6.45) is 0. The van der Waals surface area contributed by atoms with Crippen LogP contribution < -0.4 is 9.47 Å². The molecule has 19 heavy (non-hydrogen) atoms. The predicted molar refractivity (Wildman–Crippen MR) is 67.3 cm³/mol. The van der Waals surface area contributed by atoms with Crippen LogP contribution in [0.3, 0.4) is 0 Å². The SMILES string of the molecule is C=C(C(=O)OC)c1cc(OC)c(OC)cc1[N+](=O)[O-]. The Labute approximate surface area is 109 Å². The number of carbonyl (C=O) groups excluding carboxylic acids is 1. The van der Waals surface area contributed by atoms with Gasteiger partial charge in [-0.25, -0.2) is 4.79 Å². The van der Waals surface area contributed by atoms with Crippen molar-refractivity contribution in [3.8, 4) is 11.5 Å². The molecule has 7 nitrogen and oxygen atoms in total. The monoisotopic (exact) mass is 267 g/mol. The highest BCUT2D eigenvalue weighted by Gasteiger charge is 2.24. The van der Waals surface area contributed by atoms with Crippen LogP contribution in [-0.4, -0.2) is 32.2 Å². The molecule has 0 fully saturated rings. The molecule has 0 saturated carbocycles. The second-order valence-corrected chi connectivity index (χ2v) is 3.45. The fourth-order valence-corrected chi connectivity index (χ4v) is 1.49. The minimum Gasteiger partial charge on any atom is -0.493 e. The molecule has 0 saturated heterocycles. The molecule has 0 amide bonds. The second-order valence-electron chi connectivity index (χ2n) is 3.45. The number of esters is 1. The smallest absolute Gasteiger partial charge is 0.338 e. The molecule has 102 valence electrons. The molecule has 0 radical (unpaired) electrons. The average Bonchev–Trinajstić information content (AvgIpc) is 2.43. The number of nitro groups is 1. The topological polar surface area (TPSA) is 87.9 Å². The molecule has 7 heteroatoms. The summed E-state index contributed by atoms with van der Waals surface area (Å²) in [5, 5.41) is 11.0. The highest BCUT2D eigenvalue weighted by molar-refractivity contribution is 6.17. The molecule has 0 atom stereocenters. The molecule has 0 heterocycles. The van der Waals surface area contributed by atoms with Crippen LogP contribution in [0.4, 0.5) is 5.69 Å². The maximum Gasteiger partial charge on any atom is 0.338 e. The summed E-state index contributed by atoms with van der Waals surface area (Å²) in [5.41, 5.74) is -0.419. The third-order valence-corrected chi connectivity index (χ3v) is 2.46. The average molecular weight is 267 g/mol. The van der Waals surface area contributed by atoms with Crippen molar-refractivity contribution >= 4 is 17.2 Å². The van der Waals surface area contributed by atoms with Crippen LogP contribution in [0.2, 0.25) is 0 Å². The van der Waals surface area contributed by atoms with Gasteiger partial charge in [0.25, 0.3) is 5.69 Å². The van der Waals surface area contributed by atoms with Gasteiger partial charge in [-0.3, -0.25) is 10.1 Å². The molecule has 0 aliphatic rings. The van der Waals surface area contributed by atoms with E-state index in [0.717, 1.165) is 0 Å². The summed E-state index contributed by atoms with van der Waals surface area (Å²) in [6, 6.07) is 2.48. The lowest BCUT2D eigenvalue weighted by atomic mass is 10.0. The van der Waals surface area contributed by atoms with Gasteiger partial charge < -0.3 is 14.2 Å². The molecule has 0 spiro atoms. The van der Waals surface area contributed by atoms with Crippen molar-refractivity contribution in [3.63, 3.8) is 0 Å². The molecular weight excluding hydrogens is 254 g/mol. The summed E-state index contributed by atoms with van der Waals surface area (Å²) in [6.45, 7) is 3.49. The number of carbonyl (C=O) groups is 1. The van der Waals surface area contributed by atoms with Crippen LogP contribution in [0, 0.1) is 10.1 Å². The highest BCUT2D eigenvalue weighted by atomic mass is 16.6. The van der Waals surface area contributed by atoms with Gasteiger partial charge in [0.2, 0.25) is 0 Å². The maximum atomic E-state index is 11.4. The Kier molecular flexibility index (Phi) is 4.46. The third kappa shape index (κ3) is 2.82. The number of ether oxygens (including phenoxy) is 3. The van der Waals surface area contributed by atoms with Crippen molar-refractivity contribution in [2.75, 3.05) is 21.3 Å². The largest absolute Gasteiger partial charge is 0.493 e. The van der Waals surface area contributed by atoms with Crippen molar-refractivity contribution in [1.82, 2.24) is 0 Å². The van der Waals surface area contributed by atoms with Crippen molar-refractivity contribution in [2.24, 2.45) is 0 Å². The number of nitro benzene ring substituents is 1. The molecule has 1 aromatic carbocycles. The summed E-state index contributed by atoms with van der Waals surface area (Å²) in [5.74, 6) is -0.306. The number of nitrogens with zero attached hydrogens (tertiary/aromatic N) is 1. The van der Waals surface area contributed by atoms with E-state index < -0.39 is 10.9 Å². The van der Waals surface area contributed by atoms with Crippen LogP contribution in [0.1, 0.15) is 5.56 Å². The van der Waals surface area contributed by atoms with Crippen LogP contribution in [0.25, 0.3) is 5.57 Å². The van der Waals surface area contributed by atoms with Crippen LogP contribution in [-0.2, 0) is 9.53 Å². The quantitative estimate of drug-likeness (QED) is 0.350.